The second-order valence-corrected chi connectivity index (χ2v) is 7.86. The lowest BCUT2D eigenvalue weighted by atomic mass is 9.93. The Balaban J connectivity index is 1.96. The molecule has 0 aromatic heterocycles. The summed E-state index contributed by atoms with van der Waals surface area (Å²) in [5, 5.41) is 20.9. The molecule has 0 aliphatic carbocycles. The monoisotopic (exact) mass is 360 g/mol. The normalized spacial score (nSPS) is 11.0. The van der Waals surface area contributed by atoms with Crippen molar-refractivity contribution in [3.8, 4) is 11.5 Å². The van der Waals surface area contributed by atoms with Crippen molar-refractivity contribution in [2.45, 2.75) is 47.5 Å². The van der Waals surface area contributed by atoms with Gasteiger partial charge in [-0.15, -0.1) is 0 Å². The van der Waals surface area contributed by atoms with Crippen LogP contribution in [0.2, 0.25) is 0 Å². The van der Waals surface area contributed by atoms with Crippen molar-refractivity contribution in [1.29, 1.82) is 0 Å². The minimum Gasteiger partial charge on any atom is -0.507 e. The quantitative estimate of drug-likeness (QED) is 0.615. The zero-order valence-electron chi connectivity index (χ0n) is 16.9. The van der Waals surface area contributed by atoms with E-state index in [1.807, 2.05) is 26.0 Å². The Kier molecular flexibility index (Phi) is 5.27. The summed E-state index contributed by atoms with van der Waals surface area (Å²) >= 11 is 0. The van der Waals surface area contributed by atoms with Gasteiger partial charge in [-0.25, -0.2) is 0 Å². The second kappa shape index (κ2) is 7.48. The Morgan fingerprint density at radius 1 is 0.519 bits per heavy atom. The first-order valence-electron chi connectivity index (χ1n) is 9.40. The van der Waals surface area contributed by atoms with Crippen molar-refractivity contribution in [3.05, 3.63) is 92.5 Å². The molecule has 0 saturated carbocycles. The van der Waals surface area contributed by atoms with Gasteiger partial charge in [-0.3, -0.25) is 0 Å². The van der Waals surface area contributed by atoms with Gasteiger partial charge in [0.25, 0.3) is 0 Å². The number of phenolic OH excluding ortho intramolecular Hbond substituents is 2. The van der Waals surface area contributed by atoms with Crippen molar-refractivity contribution in [2.75, 3.05) is 0 Å². The number of benzene rings is 3. The van der Waals surface area contributed by atoms with Gasteiger partial charge in [0.15, 0.2) is 0 Å². The van der Waals surface area contributed by atoms with Crippen molar-refractivity contribution < 1.29 is 10.2 Å². The lowest BCUT2D eigenvalue weighted by Crippen LogP contribution is -1.98. The molecular formula is C25H28O2. The standard InChI is InChI=1S/C25H28O2/c1-15-6-16(2)8-20(7-15)13-22-9-17(3)10-23(25(22)27)14-21-11-18(4)24(26)19(5)12-21/h6-12,26-27H,13-14H2,1-5H3. The first kappa shape index (κ1) is 19.0. The molecule has 2 nitrogen and oxygen atoms in total. The molecule has 3 aromatic carbocycles. The van der Waals surface area contributed by atoms with E-state index in [-0.39, 0.29) is 0 Å². The van der Waals surface area contributed by atoms with E-state index >= 15 is 0 Å². The molecule has 0 heterocycles. The average Bonchev–Trinajstić information content (AvgIpc) is 2.56. The molecule has 0 radical (unpaired) electrons. The van der Waals surface area contributed by atoms with Gasteiger partial charge in [0, 0.05) is 12.8 Å². The third kappa shape index (κ3) is 4.33. The number of rotatable bonds is 4. The van der Waals surface area contributed by atoms with Crippen LogP contribution in [0.25, 0.3) is 0 Å². The van der Waals surface area contributed by atoms with Crippen molar-refractivity contribution in [3.63, 3.8) is 0 Å². The minimum absolute atomic E-state index is 0.350. The van der Waals surface area contributed by atoms with Gasteiger partial charge in [0.05, 0.1) is 0 Å². The summed E-state index contributed by atoms with van der Waals surface area (Å²) in [6, 6.07) is 14.6. The maximum atomic E-state index is 10.9. The van der Waals surface area contributed by atoms with E-state index < -0.39 is 0 Å². The predicted octanol–water partition coefficient (Wildman–Crippen LogP) is 5.82. The van der Waals surface area contributed by atoms with Gasteiger partial charge in [0.2, 0.25) is 0 Å². The van der Waals surface area contributed by atoms with Gasteiger partial charge in [0.1, 0.15) is 11.5 Å². The zero-order valence-corrected chi connectivity index (χ0v) is 16.9. The molecule has 0 amide bonds. The molecule has 0 saturated heterocycles. The van der Waals surface area contributed by atoms with E-state index in [9.17, 15) is 10.2 Å². The summed E-state index contributed by atoms with van der Waals surface area (Å²) in [5.74, 6) is 0.728. The zero-order chi connectivity index (χ0) is 19.7. The summed E-state index contributed by atoms with van der Waals surface area (Å²) in [4.78, 5) is 0. The molecule has 0 atom stereocenters. The maximum Gasteiger partial charge on any atom is 0.122 e. The maximum absolute atomic E-state index is 10.9. The molecule has 140 valence electrons. The fraction of sp³-hybridized carbons (Fsp3) is 0.280. The highest BCUT2D eigenvalue weighted by molar-refractivity contribution is 5.50. The lowest BCUT2D eigenvalue weighted by molar-refractivity contribution is 0.463. The van der Waals surface area contributed by atoms with Crippen LogP contribution >= 0.6 is 0 Å². The molecular weight excluding hydrogens is 332 g/mol. The largest absolute Gasteiger partial charge is 0.507 e. The molecule has 0 bridgehead atoms. The van der Waals surface area contributed by atoms with Crippen LogP contribution in [0.5, 0.6) is 11.5 Å². The summed E-state index contributed by atoms with van der Waals surface area (Å²) in [5.41, 5.74) is 9.58. The SMILES string of the molecule is Cc1cc(C)cc(Cc2cc(C)cc(Cc3cc(C)c(O)c(C)c3)c2O)c1. The van der Waals surface area contributed by atoms with Gasteiger partial charge in [-0.2, -0.15) is 0 Å². The molecule has 0 fully saturated rings. The van der Waals surface area contributed by atoms with Gasteiger partial charge in [-0.1, -0.05) is 59.2 Å². The number of hydrogen-bond donors (Lipinski definition) is 2. The van der Waals surface area contributed by atoms with Crippen LogP contribution in [0.1, 0.15) is 50.1 Å². The molecule has 2 N–H and O–H groups in total. The van der Waals surface area contributed by atoms with Crippen LogP contribution in [-0.4, -0.2) is 10.2 Å². The van der Waals surface area contributed by atoms with E-state index in [2.05, 4.69) is 51.1 Å². The van der Waals surface area contributed by atoms with Crippen LogP contribution in [-0.2, 0) is 12.8 Å². The third-order valence-corrected chi connectivity index (χ3v) is 5.03. The van der Waals surface area contributed by atoms with Crippen LogP contribution < -0.4 is 0 Å². The third-order valence-electron chi connectivity index (χ3n) is 5.03. The predicted molar refractivity (Wildman–Crippen MR) is 112 cm³/mol. The lowest BCUT2D eigenvalue weighted by Gasteiger charge is -2.14. The van der Waals surface area contributed by atoms with Gasteiger partial charge >= 0.3 is 0 Å². The van der Waals surface area contributed by atoms with E-state index in [0.717, 1.165) is 39.8 Å². The highest BCUT2D eigenvalue weighted by Crippen LogP contribution is 2.31. The molecule has 2 heteroatoms. The highest BCUT2D eigenvalue weighted by atomic mass is 16.3. The van der Waals surface area contributed by atoms with Crippen molar-refractivity contribution in [2.24, 2.45) is 0 Å². The molecule has 0 aliphatic heterocycles. The van der Waals surface area contributed by atoms with Crippen LogP contribution in [0.15, 0.2) is 42.5 Å². The molecule has 0 aliphatic rings. The Bertz CT molecular complexity index is 956. The summed E-state index contributed by atoms with van der Waals surface area (Å²) in [6.07, 6.45) is 1.37. The average molecular weight is 360 g/mol. The van der Waals surface area contributed by atoms with Crippen LogP contribution in [0, 0.1) is 34.6 Å². The number of aromatic hydroxyl groups is 2. The number of hydrogen-bond acceptors (Lipinski definition) is 2. The number of phenols is 2. The number of aryl methyl sites for hydroxylation is 5. The molecule has 3 rings (SSSR count). The minimum atomic E-state index is 0.350. The highest BCUT2D eigenvalue weighted by Gasteiger charge is 2.12. The van der Waals surface area contributed by atoms with Gasteiger partial charge < -0.3 is 10.2 Å². The molecule has 0 unspecified atom stereocenters. The van der Waals surface area contributed by atoms with E-state index in [1.54, 1.807) is 0 Å². The molecule has 3 aromatic rings. The van der Waals surface area contributed by atoms with E-state index in [1.165, 1.54) is 16.7 Å². The fourth-order valence-electron chi connectivity index (χ4n) is 3.96. The summed E-state index contributed by atoms with van der Waals surface area (Å²) in [6.45, 7) is 10.1. The van der Waals surface area contributed by atoms with Gasteiger partial charge in [-0.05, 0) is 68.0 Å². The molecule has 0 spiro atoms. The fourth-order valence-corrected chi connectivity index (χ4v) is 3.96. The Morgan fingerprint density at radius 2 is 0.926 bits per heavy atom. The second-order valence-electron chi connectivity index (χ2n) is 7.86. The van der Waals surface area contributed by atoms with Crippen molar-refractivity contribution in [1.82, 2.24) is 0 Å². The van der Waals surface area contributed by atoms with Crippen LogP contribution in [0.3, 0.4) is 0 Å². The van der Waals surface area contributed by atoms with Crippen molar-refractivity contribution >= 4 is 0 Å². The topological polar surface area (TPSA) is 40.5 Å². The summed E-state index contributed by atoms with van der Waals surface area (Å²) in [7, 11) is 0. The van der Waals surface area contributed by atoms with E-state index in [0.29, 0.717) is 17.9 Å². The Morgan fingerprint density at radius 3 is 1.41 bits per heavy atom. The Labute approximate surface area is 162 Å². The van der Waals surface area contributed by atoms with Crippen LogP contribution in [0.4, 0.5) is 0 Å². The first-order chi connectivity index (χ1) is 12.7. The summed E-state index contributed by atoms with van der Waals surface area (Å²) < 4.78 is 0. The van der Waals surface area contributed by atoms with E-state index in [4.69, 9.17) is 0 Å². The molecule has 27 heavy (non-hydrogen) atoms. The smallest absolute Gasteiger partial charge is 0.122 e. The first-order valence-corrected chi connectivity index (χ1v) is 9.40. The Hall–Kier alpha value is -2.74.